The van der Waals surface area contributed by atoms with E-state index >= 15 is 0 Å². The van der Waals surface area contributed by atoms with E-state index in [1.54, 1.807) is 12.3 Å². The summed E-state index contributed by atoms with van der Waals surface area (Å²) >= 11 is 5.96. The molecule has 6 nitrogen and oxygen atoms in total. The number of aromatic amines is 1. The molecule has 4 aromatic rings. The van der Waals surface area contributed by atoms with Crippen LogP contribution in [0.25, 0.3) is 16.6 Å². The molecule has 0 aliphatic rings. The van der Waals surface area contributed by atoms with Crippen LogP contribution in [0.1, 0.15) is 21.7 Å². The Morgan fingerprint density at radius 1 is 1.29 bits per heavy atom. The van der Waals surface area contributed by atoms with Gasteiger partial charge in [-0.1, -0.05) is 23.2 Å². The summed E-state index contributed by atoms with van der Waals surface area (Å²) in [6.45, 7) is 2.30. The van der Waals surface area contributed by atoms with Crippen LogP contribution in [0, 0.1) is 6.92 Å². The van der Waals surface area contributed by atoms with Crippen molar-refractivity contribution in [2.24, 2.45) is 0 Å². The van der Waals surface area contributed by atoms with E-state index in [1.165, 1.54) is 0 Å². The summed E-state index contributed by atoms with van der Waals surface area (Å²) in [6, 6.07) is 9.45. The number of nitrogens with one attached hydrogen (secondary N) is 2. The Morgan fingerprint density at radius 2 is 2.17 bits per heavy atom. The number of benzene rings is 1. The SMILES string of the molecule is Cc1ccc2[nH]nc(C(=O)NCc3cn4cc(Cl)ccc4n3)c2c1. The summed E-state index contributed by atoms with van der Waals surface area (Å²) in [6.07, 6.45) is 3.62. The topological polar surface area (TPSA) is 75.1 Å². The minimum absolute atomic E-state index is 0.234. The van der Waals surface area contributed by atoms with Crippen LogP contribution in [0.5, 0.6) is 0 Å². The van der Waals surface area contributed by atoms with Crippen molar-refractivity contribution in [1.29, 1.82) is 0 Å². The number of carbonyl (C=O) groups is 1. The van der Waals surface area contributed by atoms with E-state index < -0.39 is 0 Å². The first-order valence-corrected chi connectivity index (χ1v) is 7.84. The fourth-order valence-corrected chi connectivity index (χ4v) is 2.83. The molecule has 0 radical (unpaired) electrons. The Bertz CT molecular complexity index is 1070. The van der Waals surface area contributed by atoms with Gasteiger partial charge in [-0.2, -0.15) is 5.10 Å². The van der Waals surface area contributed by atoms with Gasteiger partial charge in [-0.3, -0.25) is 9.89 Å². The van der Waals surface area contributed by atoms with Crippen molar-refractivity contribution in [1.82, 2.24) is 24.9 Å². The van der Waals surface area contributed by atoms with Crippen molar-refractivity contribution in [3.63, 3.8) is 0 Å². The Morgan fingerprint density at radius 3 is 3.04 bits per heavy atom. The van der Waals surface area contributed by atoms with E-state index in [2.05, 4.69) is 20.5 Å². The van der Waals surface area contributed by atoms with Crippen LogP contribution in [0.2, 0.25) is 5.02 Å². The highest BCUT2D eigenvalue weighted by Gasteiger charge is 2.14. The molecular formula is C17H14ClN5O. The molecule has 24 heavy (non-hydrogen) atoms. The number of amides is 1. The van der Waals surface area contributed by atoms with Crippen LogP contribution in [-0.2, 0) is 6.54 Å². The average Bonchev–Trinajstić information content (AvgIpc) is 3.15. The number of hydrogen-bond acceptors (Lipinski definition) is 3. The lowest BCUT2D eigenvalue weighted by Gasteiger charge is -2.01. The van der Waals surface area contributed by atoms with Crippen molar-refractivity contribution in [2.75, 3.05) is 0 Å². The zero-order valence-electron chi connectivity index (χ0n) is 12.9. The Hall–Kier alpha value is -2.86. The first kappa shape index (κ1) is 14.7. The molecule has 3 aromatic heterocycles. The highest BCUT2D eigenvalue weighted by molar-refractivity contribution is 6.30. The number of H-pyrrole nitrogens is 1. The number of carbonyl (C=O) groups excluding carboxylic acids is 1. The van der Waals surface area contributed by atoms with Crippen molar-refractivity contribution < 1.29 is 4.79 Å². The maximum absolute atomic E-state index is 12.4. The minimum atomic E-state index is -0.234. The minimum Gasteiger partial charge on any atom is -0.345 e. The molecule has 0 aliphatic carbocycles. The third-order valence-corrected chi connectivity index (χ3v) is 4.05. The molecule has 0 atom stereocenters. The molecule has 0 fully saturated rings. The molecule has 0 bridgehead atoms. The molecular weight excluding hydrogens is 326 g/mol. The fourth-order valence-electron chi connectivity index (χ4n) is 2.66. The Balaban J connectivity index is 1.55. The normalized spacial score (nSPS) is 11.2. The van der Waals surface area contributed by atoms with E-state index in [9.17, 15) is 4.79 Å². The van der Waals surface area contributed by atoms with Gasteiger partial charge in [0.2, 0.25) is 0 Å². The smallest absolute Gasteiger partial charge is 0.272 e. The standard InChI is InChI=1S/C17H14ClN5O/c1-10-2-4-14-13(6-10)16(22-21-14)17(24)19-7-12-9-23-8-11(18)3-5-15(23)20-12/h2-6,8-9H,7H2,1H3,(H,19,24)(H,21,22). The monoisotopic (exact) mass is 339 g/mol. The summed E-state index contributed by atoms with van der Waals surface area (Å²) in [5.41, 5.74) is 3.84. The van der Waals surface area contributed by atoms with Gasteiger partial charge in [-0.05, 0) is 31.2 Å². The van der Waals surface area contributed by atoms with Gasteiger partial charge in [0, 0.05) is 17.8 Å². The molecule has 0 spiro atoms. The summed E-state index contributed by atoms with van der Waals surface area (Å²) in [7, 11) is 0. The maximum Gasteiger partial charge on any atom is 0.272 e. The highest BCUT2D eigenvalue weighted by atomic mass is 35.5. The summed E-state index contributed by atoms with van der Waals surface area (Å²) < 4.78 is 1.83. The molecule has 0 saturated carbocycles. The van der Waals surface area contributed by atoms with Gasteiger partial charge < -0.3 is 9.72 Å². The van der Waals surface area contributed by atoms with Gasteiger partial charge in [0.15, 0.2) is 5.69 Å². The number of hydrogen-bond donors (Lipinski definition) is 2. The number of aryl methyl sites for hydroxylation is 1. The second-order valence-corrected chi connectivity index (χ2v) is 6.09. The van der Waals surface area contributed by atoms with Gasteiger partial charge in [-0.25, -0.2) is 4.98 Å². The number of imidazole rings is 1. The molecule has 120 valence electrons. The first-order valence-electron chi connectivity index (χ1n) is 7.46. The number of halogens is 1. The van der Waals surface area contributed by atoms with Crippen LogP contribution in [0.3, 0.4) is 0 Å². The quantitative estimate of drug-likeness (QED) is 0.602. The Labute approximate surface area is 142 Å². The molecule has 7 heteroatoms. The van der Waals surface area contributed by atoms with Crippen LogP contribution in [0.15, 0.2) is 42.7 Å². The fraction of sp³-hybridized carbons (Fsp3) is 0.118. The van der Waals surface area contributed by atoms with Gasteiger partial charge >= 0.3 is 0 Å². The first-order chi connectivity index (χ1) is 11.6. The van der Waals surface area contributed by atoms with Crippen LogP contribution in [0.4, 0.5) is 0 Å². The second kappa shape index (κ2) is 5.65. The van der Waals surface area contributed by atoms with E-state index in [0.29, 0.717) is 17.3 Å². The predicted octanol–water partition coefficient (Wildman–Crippen LogP) is 3.10. The molecule has 1 amide bonds. The number of nitrogens with zero attached hydrogens (tertiary/aromatic N) is 3. The van der Waals surface area contributed by atoms with Crippen LogP contribution in [-0.4, -0.2) is 25.5 Å². The van der Waals surface area contributed by atoms with E-state index in [4.69, 9.17) is 11.6 Å². The van der Waals surface area contributed by atoms with E-state index in [0.717, 1.165) is 27.8 Å². The lowest BCUT2D eigenvalue weighted by Crippen LogP contribution is -2.23. The molecule has 0 aliphatic heterocycles. The van der Waals surface area contributed by atoms with E-state index in [1.807, 2.05) is 41.8 Å². The van der Waals surface area contributed by atoms with Crippen molar-refractivity contribution >= 4 is 34.1 Å². The lowest BCUT2D eigenvalue weighted by atomic mass is 10.1. The van der Waals surface area contributed by atoms with E-state index in [-0.39, 0.29) is 5.91 Å². The number of pyridine rings is 1. The molecule has 2 N–H and O–H groups in total. The summed E-state index contributed by atoms with van der Waals surface area (Å²) in [4.78, 5) is 16.9. The van der Waals surface area contributed by atoms with Crippen molar-refractivity contribution in [2.45, 2.75) is 13.5 Å². The van der Waals surface area contributed by atoms with Gasteiger partial charge in [-0.15, -0.1) is 0 Å². The molecule has 0 saturated heterocycles. The third kappa shape index (κ3) is 2.61. The molecule has 1 aromatic carbocycles. The van der Waals surface area contributed by atoms with Crippen LogP contribution >= 0.6 is 11.6 Å². The maximum atomic E-state index is 12.4. The molecule has 0 unspecified atom stereocenters. The zero-order chi connectivity index (χ0) is 16.7. The number of fused-ring (bicyclic) bond motifs is 2. The average molecular weight is 340 g/mol. The largest absolute Gasteiger partial charge is 0.345 e. The molecule has 4 rings (SSSR count). The van der Waals surface area contributed by atoms with Gasteiger partial charge in [0.05, 0.1) is 22.8 Å². The lowest BCUT2D eigenvalue weighted by molar-refractivity contribution is 0.0947. The number of rotatable bonds is 3. The third-order valence-electron chi connectivity index (χ3n) is 3.83. The predicted molar refractivity (Wildman–Crippen MR) is 92.2 cm³/mol. The van der Waals surface area contributed by atoms with Crippen molar-refractivity contribution in [3.05, 3.63) is 64.7 Å². The van der Waals surface area contributed by atoms with Gasteiger partial charge in [0.25, 0.3) is 5.91 Å². The number of aromatic nitrogens is 4. The summed E-state index contributed by atoms with van der Waals surface area (Å²) in [5.74, 6) is -0.234. The highest BCUT2D eigenvalue weighted by Crippen LogP contribution is 2.17. The molecule has 3 heterocycles. The zero-order valence-corrected chi connectivity index (χ0v) is 13.6. The Kier molecular flexibility index (Phi) is 3.46. The second-order valence-electron chi connectivity index (χ2n) is 5.65. The van der Waals surface area contributed by atoms with Crippen molar-refractivity contribution in [3.8, 4) is 0 Å². The van der Waals surface area contributed by atoms with Crippen LogP contribution < -0.4 is 5.32 Å². The summed E-state index contributed by atoms with van der Waals surface area (Å²) in [5, 5.41) is 11.3. The van der Waals surface area contributed by atoms with Gasteiger partial charge in [0.1, 0.15) is 5.65 Å².